The third kappa shape index (κ3) is 5.86. The van der Waals surface area contributed by atoms with E-state index in [0.717, 1.165) is 43.2 Å². The van der Waals surface area contributed by atoms with Crippen LogP contribution < -0.4 is 11.1 Å². The van der Waals surface area contributed by atoms with Gasteiger partial charge in [0.2, 0.25) is 5.91 Å². The van der Waals surface area contributed by atoms with Crippen molar-refractivity contribution in [2.45, 2.75) is 39.2 Å². The first-order valence-electron chi connectivity index (χ1n) is 8.02. The molecule has 4 nitrogen and oxygen atoms in total. The summed E-state index contributed by atoms with van der Waals surface area (Å²) in [6, 6.07) is 7.72. The van der Waals surface area contributed by atoms with Gasteiger partial charge in [0.1, 0.15) is 0 Å². The molecule has 0 aliphatic heterocycles. The molecule has 116 valence electrons. The average Bonchev–Trinajstić information content (AvgIpc) is 3.30. The van der Waals surface area contributed by atoms with Crippen LogP contribution in [0.5, 0.6) is 0 Å². The largest absolute Gasteiger partial charge is 0.326 e. The molecule has 0 spiro atoms. The molecule has 0 unspecified atom stereocenters. The number of nitrogens with two attached hydrogens (primary N) is 1. The number of anilines is 1. The van der Waals surface area contributed by atoms with Crippen molar-refractivity contribution in [1.82, 2.24) is 4.90 Å². The summed E-state index contributed by atoms with van der Waals surface area (Å²) < 4.78 is 0. The molecule has 4 heteroatoms. The van der Waals surface area contributed by atoms with E-state index in [9.17, 15) is 4.79 Å². The number of hydrogen-bond donors (Lipinski definition) is 2. The highest BCUT2D eigenvalue weighted by Gasteiger charge is 2.24. The second-order valence-corrected chi connectivity index (χ2v) is 5.94. The minimum Gasteiger partial charge on any atom is -0.326 e. The van der Waals surface area contributed by atoms with Crippen LogP contribution in [-0.2, 0) is 11.3 Å². The van der Waals surface area contributed by atoms with Gasteiger partial charge in [-0.2, -0.15) is 0 Å². The van der Waals surface area contributed by atoms with Crippen LogP contribution in [0.4, 0.5) is 5.69 Å². The van der Waals surface area contributed by atoms with E-state index in [1.165, 1.54) is 12.8 Å². The predicted octanol–water partition coefficient (Wildman–Crippen LogP) is 2.60. The summed E-state index contributed by atoms with van der Waals surface area (Å²) in [5.41, 5.74) is 7.49. The van der Waals surface area contributed by atoms with Crippen LogP contribution >= 0.6 is 0 Å². The van der Waals surface area contributed by atoms with E-state index in [4.69, 9.17) is 5.73 Å². The van der Waals surface area contributed by atoms with Crippen LogP contribution in [0.25, 0.3) is 0 Å². The first-order valence-corrected chi connectivity index (χ1v) is 8.02. The van der Waals surface area contributed by atoms with Crippen LogP contribution in [0.2, 0.25) is 0 Å². The maximum absolute atomic E-state index is 12.0. The van der Waals surface area contributed by atoms with Gasteiger partial charge in [-0.25, -0.2) is 0 Å². The third-order valence-electron chi connectivity index (χ3n) is 3.88. The molecule has 1 fully saturated rings. The van der Waals surface area contributed by atoms with Gasteiger partial charge in [0, 0.05) is 31.7 Å². The molecule has 1 aliphatic carbocycles. The summed E-state index contributed by atoms with van der Waals surface area (Å²) in [6.45, 7) is 5.83. The van der Waals surface area contributed by atoms with Gasteiger partial charge >= 0.3 is 0 Å². The van der Waals surface area contributed by atoms with Crippen LogP contribution in [-0.4, -0.2) is 30.4 Å². The molecule has 21 heavy (non-hydrogen) atoms. The standard InChI is InChI=1S/C17H27N3O/c1-2-10-20(13-15-3-4-15)11-9-17(21)19-16-7-5-14(12-18)6-8-16/h5-8,15H,2-4,9-13,18H2,1H3,(H,19,21). The lowest BCUT2D eigenvalue weighted by Crippen LogP contribution is -2.30. The molecule has 0 heterocycles. The van der Waals surface area contributed by atoms with Gasteiger partial charge in [0.05, 0.1) is 0 Å². The maximum atomic E-state index is 12.0. The molecule has 1 aromatic rings. The average molecular weight is 289 g/mol. The molecule has 0 atom stereocenters. The number of benzene rings is 1. The lowest BCUT2D eigenvalue weighted by atomic mass is 10.2. The highest BCUT2D eigenvalue weighted by atomic mass is 16.1. The zero-order valence-electron chi connectivity index (χ0n) is 13.0. The number of carbonyl (C=O) groups is 1. The van der Waals surface area contributed by atoms with Crippen molar-refractivity contribution in [3.63, 3.8) is 0 Å². The lowest BCUT2D eigenvalue weighted by Gasteiger charge is -2.21. The molecular weight excluding hydrogens is 262 g/mol. The number of nitrogens with one attached hydrogen (secondary N) is 1. The molecule has 0 radical (unpaired) electrons. The Kier molecular flexibility index (Phi) is 6.21. The summed E-state index contributed by atoms with van der Waals surface area (Å²) in [7, 11) is 0. The number of amides is 1. The monoisotopic (exact) mass is 289 g/mol. The first kappa shape index (κ1) is 16.0. The van der Waals surface area contributed by atoms with Gasteiger partial charge in [-0.3, -0.25) is 4.79 Å². The van der Waals surface area contributed by atoms with Gasteiger partial charge in [-0.15, -0.1) is 0 Å². The van der Waals surface area contributed by atoms with Gasteiger partial charge in [0.25, 0.3) is 0 Å². The number of hydrogen-bond acceptors (Lipinski definition) is 3. The minimum atomic E-state index is 0.0902. The lowest BCUT2D eigenvalue weighted by molar-refractivity contribution is -0.116. The van der Waals surface area contributed by atoms with Crippen LogP contribution in [0.3, 0.4) is 0 Å². The van der Waals surface area contributed by atoms with Gasteiger partial charge in [0.15, 0.2) is 0 Å². The van der Waals surface area contributed by atoms with E-state index >= 15 is 0 Å². The van der Waals surface area contributed by atoms with Crippen molar-refractivity contribution in [1.29, 1.82) is 0 Å². The minimum absolute atomic E-state index is 0.0902. The van der Waals surface area contributed by atoms with E-state index < -0.39 is 0 Å². The molecule has 0 aromatic heterocycles. The van der Waals surface area contributed by atoms with Gasteiger partial charge < -0.3 is 16.0 Å². The molecule has 1 aromatic carbocycles. The van der Waals surface area contributed by atoms with Gasteiger partial charge in [-0.05, 0) is 49.4 Å². The fourth-order valence-electron chi connectivity index (χ4n) is 2.48. The van der Waals surface area contributed by atoms with E-state index in [-0.39, 0.29) is 5.91 Å². The second-order valence-electron chi connectivity index (χ2n) is 5.94. The summed E-state index contributed by atoms with van der Waals surface area (Å²) >= 11 is 0. The summed E-state index contributed by atoms with van der Waals surface area (Å²) in [5, 5.41) is 2.95. The van der Waals surface area contributed by atoms with Crippen LogP contribution in [0.1, 0.15) is 38.2 Å². The predicted molar refractivity (Wildman–Crippen MR) is 87.0 cm³/mol. The van der Waals surface area contributed by atoms with E-state index in [2.05, 4.69) is 17.1 Å². The topological polar surface area (TPSA) is 58.4 Å². The van der Waals surface area contributed by atoms with Crippen molar-refractivity contribution in [2.75, 3.05) is 25.0 Å². The Morgan fingerprint density at radius 1 is 1.29 bits per heavy atom. The zero-order valence-corrected chi connectivity index (χ0v) is 13.0. The molecule has 1 saturated carbocycles. The van der Waals surface area contributed by atoms with Gasteiger partial charge in [-0.1, -0.05) is 19.1 Å². The van der Waals surface area contributed by atoms with Crippen molar-refractivity contribution in [3.05, 3.63) is 29.8 Å². The highest BCUT2D eigenvalue weighted by Crippen LogP contribution is 2.29. The molecule has 2 rings (SSSR count). The summed E-state index contributed by atoms with van der Waals surface area (Å²) in [4.78, 5) is 14.4. The SMILES string of the molecule is CCCN(CCC(=O)Nc1ccc(CN)cc1)CC1CC1. The maximum Gasteiger partial charge on any atom is 0.225 e. The van der Waals surface area contributed by atoms with Crippen LogP contribution in [0, 0.1) is 5.92 Å². The first-order chi connectivity index (χ1) is 10.2. The highest BCUT2D eigenvalue weighted by molar-refractivity contribution is 5.90. The third-order valence-corrected chi connectivity index (χ3v) is 3.88. The van der Waals surface area contributed by atoms with Crippen molar-refractivity contribution < 1.29 is 4.79 Å². The summed E-state index contributed by atoms with van der Waals surface area (Å²) in [6.07, 6.45) is 4.43. The number of nitrogens with zero attached hydrogens (tertiary/aromatic N) is 1. The quantitative estimate of drug-likeness (QED) is 0.734. The molecule has 1 aliphatic rings. The van der Waals surface area contributed by atoms with E-state index in [1.807, 2.05) is 24.3 Å². The molecule has 1 amide bonds. The van der Waals surface area contributed by atoms with Crippen molar-refractivity contribution in [3.8, 4) is 0 Å². The van der Waals surface area contributed by atoms with E-state index in [0.29, 0.717) is 13.0 Å². The van der Waals surface area contributed by atoms with Crippen molar-refractivity contribution >= 4 is 11.6 Å². The van der Waals surface area contributed by atoms with E-state index in [1.54, 1.807) is 0 Å². The zero-order chi connectivity index (χ0) is 15.1. The fourth-order valence-corrected chi connectivity index (χ4v) is 2.48. The normalized spacial score (nSPS) is 14.4. The molecular formula is C17H27N3O. The Morgan fingerprint density at radius 2 is 2.00 bits per heavy atom. The Bertz CT molecular complexity index is 440. The Balaban J connectivity index is 1.74. The molecule has 0 bridgehead atoms. The van der Waals surface area contributed by atoms with Crippen LogP contribution in [0.15, 0.2) is 24.3 Å². The number of rotatable bonds is 9. The number of carbonyl (C=O) groups excluding carboxylic acids is 1. The van der Waals surface area contributed by atoms with Crippen molar-refractivity contribution in [2.24, 2.45) is 11.7 Å². The Labute approximate surface area is 127 Å². The second kappa shape index (κ2) is 8.15. The molecule has 3 N–H and O–H groups in total. The smallest absolute Gasteiger partial charge is 0.225 e. The fraction of sp³-hybridized carbons (Fsp3) is 0.588. The summed E-state index contributed by atoms with van der Waals surface area (Å²) in [5.74, 6) is 0.968. The molecule has 0 saturated heterocycles. The Morgan fingerprint density at radius 3 is 2.57 bits per heavy atom. The Hall–Kier alpha value is -1.39.